The summed E-state index contributed by atoms with van der Waals surface area (Å²) in [6.45, 7) is 3.71. The molecule has 1 fully saturated rings. The Labute approximate surface area is 94.5 Å². The summed E-state index contributed by atoms with van der Waals surface area (Å²) in [5, 5.41) is 3.98. The Balaban J connectivity index is 1.73. The molecule has 0 aromatic carbocycles. The third kappa shape index (κ3) is 1.70. The van der Waals surface area contributed by atoms with Gasteiger partial charge in [0.25, 0.3) is 0 Å². The lowest BCUT2D eigenvalue weighted by Crippen LogP contribution is -2.42. The number of rotatable bonds is 1. The first-order valence-electron chi connectivity index (χ1n) is 5.89. The van der Waals surface area contributed by atoms with E-state index >= 15 is 0 Å². The van der Waals surface area contributed by atoms with Gasteiger partial charge in [-0.2, -0.15) is 0 Å². The van der Waals surface area contributed by atoms with Gasteiger partial charge >= 0.3 is 0 Å². The van der Waals surface area contributed by atoms with E-state index in [1.165, 1.54) is 0 Å². The average Bonchev–Trinajstić information content (AvgIpc) is 2.72. The first-order valence-corrected chi connectivity index (χ1v) is 5.89. The molecule has 0 unspecified atom stereocenters. The lowest BCUT2D eigenvalue weighted by Gasteiger charge is -2.36. The molecule has 1 aromatic rings. The highest BCUT2D eigenvalue weighted by atomic mass is 16.5. The number of nitrogen functional groups attached to an aromatic ring is 1. The Hall–Kier alpha value is -1.07. The first-order chi connectivity index (χ1) is 7.84. The second-order valence-corrected chi connectivity index (χ2v) is 4.54. The summed E-state index contributed by atoms with van der Waals surface area (Å²) in [6.07, 6.45) is 3.20. The fraction of sp³-hybridized carbons (Fsp3) is 0.727. The predicted molar refractivity (Wildman–Crippen MR) is 58.9 cm³/mol. The Bertz CT molecular complexity index is 371. The van der Waals surface area contributed by atoms with Gasteiger partial charge in [0.1, 0.15) is 0 Å². The van der Waals surface area contributed by atoms with Crippen molar-refractivity contribution in [2.45, 2.75) is 31.8 Å². The van der Waals surface area contributed by atoms with E-state index in [0.29, 0.717) is 11.9 Å². The van der Waals surface area contributed by atoms with Gasteiger partial charge in [-0.1, -0.05) is 5.16 Å². The van der Waals surface area contributed by atoms with Crippen LogP contribution >= 0.6 is 0 Å². The van der Waals surface area contributed by atoms with Crippen LogP contribution in [0.15, 0.2) is 4.52 Å². The summed E-state index contributed by atoms with van der Waals surface area (Å²) >= 11 is 0. The molecule has 5 nitrogen and oxygen atoms in total. The van der Waals surface area contributed by atoms with Crippen molar-refractivity contribution in [2.24, 2.45) is 0 Å². The second-order valence-electron chi connectivity index (χ2n) is 4.54. The van der Waals surface area contributed by atoms with Crippen LogP contribution in [0.2, 0.25) is 0 Å². The van der Waals surface area contributed by atoms with Gasteiger partial charge in [-0.15, -0.1) is 0 Å². The fourth-order valence-electron chi connectivity index (χ4n) is 2.62. The lowest BCUT2D eigenvalue weighted by molar-refractivity contribution is 0.0290. The number of hydrogen-bond donors (Lipinski definition) is 1. The monoisotopic (exact) mass is 223 g/mol. The van der Waals surface area contributed by atoms with Crippen molar-refractivity contribution in [1.82, 2.24) is 10.1 Å². The van der Waals surface area contributed by atoms with E-state index in [-0.39, 0.29) is 0 Å². The van der Waals surface area contributed by atoms with Crippen LogP contribution < -0.4 is 5.73 Å². The van der Waals surface area contributed by atoms with E-state index in [2.05, 4.69) is 10.1 Å². The van der Waals surface area contributed by atoms with Gasteiger partial charge in [0.2, 0.25) is 5.88 Å². The van der Waals surface area contributed by atoms with Crippen LogP contribution in [-0.2, 0) is 17.7 Å². The smallest absolute Gasteiger partial charge is 0.226 e. The van der Waals surface area contributed by atoms with Crippen molar-refractivity contribution in [3.63, 3.8) is 0 Å². The summed E-state index contributed by atoms with van der Waals surface area (Å²) in [4.78, 5) is 2.48. The van der Waals surface area contributed by atoms with Gasteiger partial charge in [-0.05, 0) is 12.8 Å². The van der Waals surface area contributed by atoms with Crippen molar-refractivity contribution < 1.29 is 9.26 Å². The molecule has 0 spiro atoms. The van der Waals surface area contributed by atoms with Crippen LogP contribution in [0.25, 0.3) is 0 Å². The third-order valence-electron chi connectivity index (χ3n) is 3.60. The van der Waals surface area contributed by atoms with Crippen LogP contribution in [0.3, 0.4) is 0 Å². The molecule has 2 aliphatic heterocycles. The van der Waals surface area contributed by atoms with E-state index in [1.807, 2.05) is 0 Å². The van der Waals surface area contributed by atoms with E-state index < -0.39 is 0 Å². The molecular formula is C11H17N3O2. The first kappa shape index (κ1) is 10.1. The Morgan fingerprint density at radius 1 is 1.31 bits per heavy atom. The Morgan fingerprint density at radius 2 is 2.12 bits per heavy atom. The number of aromatic nitrogens is 1. The second kappa shape index (κ2) is 4.07. The van der Waals surface area contributed by atoms with Crippen LogP contribution in [0.5, 0.6) is 0 Å². The van der Waals surface area contributed by atoms with Crippen molar-refractivity contribution in [1.29, 1.82) is 0 Å². The maximum absolute atomic E-state index is 5.77. The van der Waals surface area contributed by atoms with Crippen LogP contribution in [0.1, 0.15) is 24.1 Å². The van der Waals surface area contributed by atoms with E-state index in [4.69, 9.17) is 15.0 Å². The van der Waals surface area contributed by atoms with Crippen LogP contribution in [0.4, 0.5) is 5.88 Å². The van der Waals surface area contributed by atoms with Crippen LogP contribution in [0, 0.1) is 0 Å². The van der Waals surface area contributed by atoms with Gasteiger partial charge < -0.3 is 15.0 Å². The van der Waals surface area contributed by atoms with E-state index in [0.717, 1.165) is 56.8 Å². The van der Waals surface area contributed by atoms with Gasteiger partial charge in [-0.3, -0.25) is 4.90 Å². The normalized spacial score (nSPS) is 23.2. The predicted octanol–water partition coefficient (Wildman–Crippen LogP) is 0.794. The molecule has 2 N–H and O–H groups in total. The largest absolute Gasteiger partial charge is 0.381 e. The highest BCUT2D eigenvalue weighted by Gasteiger charge is 2.28. The lowest BCUT2D eigenvalue weighted by atomic mass is 10.0. The Kier molecular flexibility index (Phi) is 2.57. The van der Waals surface area contributed by atoms with Gasteiger partial charge in [0.15, 0.2) is 0 Å². The minimum atomic E-state index is 0.492. The minimum Gasteiger partial charge on any atom is -0.381 e. The van der Waals surface area contributed by atoms with Gasteiger partial charge in [-0.25, -0.2) is 0 Å². The number of fused-ring (bicyclic) bond motifs is 1. The maximum atomic E-state index is 5.77. The molecule has 2 aliphatic rings. The van der Waals surface area contributed by atoms with Crippen molar-refractivity contribution in [2.75, 3.05) is 25.5 Å². The number of nitrogens with two attached hydrogens (primary N) is 1. The van der Waals surface area contributed by atoms with Gasteiger partial charge in [0.05, 0.1) is 11.3 Å². The molecule has 3 heterocycles. The minimum absolute atomic E-state index is 0.492. The summed E-state index contributed by atoms with van der Waals surface area (Å²) in [7, 11) is 0. The highest BCUT2D eigenvalue weighted by Crippen LogP contribution is 2.27. The molecule has 0 saturated carbocycles. The molecule has 1 saturated heterocycles. The fourth-order valence-corrected chi connectivity index (χ4v) is 2.62. The van der Waals surface area contributed by atoms with Crippen molar-refractivity contribution >= 4 is 5.88 Å². The molecule has 1 aromatic heterocycles. The summed E-state index contributed by atoms with van der Waals surface area (Å²) in [5.74, 6) is 0.492. The zero-order chi connectivity index (χ0) is 11.0. The molecule has 3 rings (SSSR count). The van der Waals surface area contributed by atoms with E-state index in [9.17, 15) is 0 Å². The van der Waals surface area contributed by atoms with Gasteiger partial charge in [0, 0.05) is 38.8 Å². The molecule has 0 bridgehead atoms. The molecule has 0 radical (unpaired) electrons. The van der Waals surface area contributed by atoms with Crippen molar-refractivity contribution in [3.05, 3.63) is 11.3 Å². The van der Waals surface area contributed by atoms with Crippen molar-refractivity contribution in [3.8, 4) is 0 Å². The summed E-state index contributed by atoms with van der Waals surface area (Å²) in [6, 6.07) is 0.635. The average molecular weight is 223 g/mol. The molecule has 0 amide bonds. The van der Waals surface area contributed by atoms with Crippen LogP contribution in [-0.4, -0.2) is 35.9 Å². The molecule has 16 heavy (non-hydrogen) atoms. The summed E-state index contributed by atoms with van der Waals surface area (Å²) < 4.78 is 10.4. The molecular weight excluding hydrogens is 206 g/mol. The highest BCUT2D eigenvalue weighted by molar-refractivity contribution is 5.40. The number of nitrogens with zero attached hydrogens (tertiary/aromatic N) is 2. The van der Waals surface area contributed by atoms with E-state index in [1.54, 1.807) is 0 Å². The number of anilines is 1. The zero-order valence-electron chi connectivity index (χ0n) is 9.32. The zero-order valence-corrected chi connectivity index (χ0v) is 9.32. The number of hydrogen-bond acceptors (Lipinski definition) is 5. The molecule has 0 aliphatic carbocycles. The number of ether oxygens (including phenoxy) is 1. The third-order valence-corrected chi connectivity index (χ3v) is 3.60. The molecule has 0 atom stereocenters. The SMILES string of the molecule is Nc1onc2c1CN(C1CCOCC1)CC2. The standard InChI is InChI=1S/C11H17N3O2/c12-11-9-7-14(4-1-10(9)13-16-11)8-2-5-15-6-3-8/h8H,1-7,12H2. The Morgan fingerprint density at radius 3 is 2.94 bits per heavy atom. The maximum Gasteiger partial charge on any atom is 0.226 e. The topological polar surface area (TPSA) is 64.5 Å². The molecule has 88 valence electrons. The molecule has 5 heteroatoms. The quantitative estimate of drug-likeness (QED) is 0.762. The summed E-state index contributed by atoms with van der Waals surface area (Å²) in [5.41, 5.74) is 7.91.